The first-order chi connectivity index (χ1) is 13.5. The zero-order valence-electron chi connectivity index (χ0n) is 14.8. The molecule has 0 bridgehead atoms. The van der Waals surface area contributed by atoms with Gasteiger partial charge < -0.3 is 10.6 Å². The zero-order valence-corrected chi connectivity index (χ0v) is 16.4. The van der Waals surface area contributed by atoms with Crippen molar-refractivity contribution in [3.8, 4) is 11.1 Å². The molecular weight excluding hydrogens is 431 g/mol. The molecule has 0 atom stereocenters. The maximum absolute atomic E-state index is 13.7. The number of hydrogen-bond acceptors (Lipinski definition) is 7. The average Bonchev–Trinajstić information content (AvgIpc) is 2.66. The topological polar surface area (TPSA) is 132 Å². The van der Waals surface area contributed by atoms with Crippen LogP contribution < -0.4 is 15.8 Å². The van der Waals surface area contributed by atoms with Crippen molar-refractivity contribution in [2.75, 3.05) is 29.5 Å². The molecule has 156 valence electrons. The van der Waals surface area contributed by atoms with Crippen molar-refractivity contribution in [1.29, 1.82) is 0 Å². The first-order valence-corrected chi connectivity index (χ1v) is 10.9. The van der Waals surface area contributed by atoms with Gasteiger partial charge in [0.05, 0.1) is 11.1 Å². The third kappa shape index (κ3) is 4.46. The fourth-order valence-electron chi connectivity index (χ4n) is 2.98. The second-order valence-electron chi connectivity index (χ2n) is 6.13. The van der Waals surface area contributed by atoms with Crippen LogP contribution in [0.2, 0.25) is 0 Å². The minimum Gasteiger partial charge on any atom is -0.365 e. The number of pyridine rings is 2. The van der Waals surface area contributed by atoms with Crippen LogP contribution in [-0.2, 0) is 16.2 Å². The van der Waals surface area contributed by atoms with Crippen molar-refractivity contribution in [3.63, 3.8) is 0 Å². The lowest BCUT2D eigenvalue weighted by Gasteiger charge is -2.30. The van der Waals surface area contributed by atoms with E-state index in [2.05, 4.69) is 9.97 Å². The van der Waals surface area contributed by atoms with Crippen molar-refractivity contribution in [2.45, 2.75) is 11.2 Å². The Labute approximate surface area is 168 Å². The number of sulfonamides is 1. The molecule has 1 aliphatic heterocycles. The van der Waals surface area contributed by atoms with Gasteiger partial charge in [0.25, 0.3) is 15.9 Å². The molecule has 0 saturated carbocycles. The molecule has 8 nitrogen and oxygen atoms in total. The van der Waals surface area contributed by atoms with E-state index in [-0.39, 0.29) is 11.4 Å². The highest BCUT2D eigenvalue weighted by Gasteiger charge is 2.38. The lowest BCUT2D eigenvalue weighted by Crippen LogP contribution is -2.35. The Morgan fingerprint density at radius 2 is 1.86 bits per heavy atom. The van der Waals surface area contributed by atoms with E-state index in [1.165, 1.54) is 0 Å². The van der Waals surface area contributed by atoms with Crippen molar-refractivity contribution in [2.24, 2.45) is 10.9 Å². The van der Waals surface area contributed by atoms with Crippen LogP contribution in [0.4, 0.5) is 19.0 Å². The van der Waals surface area contributed by atoms with E-state index in [1.807, 2.05) is 0 Å². The average molecular weight is 447 g/mol. The fourth-order valence-corrected chi connectivity index (χ4v) is 4.39. The Bertz CT molecular complexity index is 1050. The van der Waals surface area contributed by atoms with Gasteiger partial charge in [-0.05, 0) is 17.7 Å². The Hall–Kier alpha value is -2.38. The number of hydrogen-bond donors (Lipinski definition) is 2. The number of halogens is 3. The molecule has 1 saturated heterocycles. The maximum Gasteiger partial charge on any atom is 0.418 e. The summed E-state index contributed by atoms with van der Waals surface area (Å²) in [7, 11) is -4.28. The monoisotopic (exact) mass is 447 g/mol. The maximum atomic E-state index is 13.7. The number of primary sulfonamides is 1. The molecule has 29 heavy (non-hydrogen) atoms. The molecule has 0 radical (unpaired) electrons. The van der Waals surface area contributed by atoms with Gasteiger partial charge in [-0.1, -0.05) is 0 Å². The van der Waals surface area contributed by atoms with E-state index in [0.717, 1.165) is 18.3 Å². The molecule has 3 rings (SSSR count). The Balaban J connectivity index is 2.34. The highest BCUT2D eigenvalue weighted by molar-refractivity contribution is 7.99. The number of primary amides is 1. The van der Waals surface area contributed by atoms with Gasteiger partial charge >= 0.3 is 6.18 Å². The molecule has 3 heterocycles. The van der Waals surface area contributed by atoms with E-state index in [1.54, 1.807) is 16.7 Å². The highest BCUT2D eigenvalue weighted by atomic mass is 32.2. The number of anilines is 1. The molecule has 4 N–H and O–H groups in total. The molecule has 1 amide bonds. The third-order valence-electron chi connectivity index (χ3n) is 4.24. The van der Waals surface area contributed by atoms with E-state index < -0.39 is 43.8 Å². The highest BCUT2D eigenvalue weighted by Crippen LogP contribution is 2.41. The molecule has 0 spiro atoms. The van der Waals surface area contributed by atoms with Gasteiger partial charge in [0.2, 0.25) is 0 Å². The summed E-state index contributed by atoms with van der Waals surface area (Å²) in [6, 6.07) is 2.03. The van der Waals surface area contributed by atoms with Crippen LogP contribution in [0.15, 0.2) is 29.6 Å². The Morgan fingerprint density at radius 3 is 2.41 bits per heavy atom. The van der Waals surface area contributed by atoms with Crippen LogP contribution in [0, 0.1) is 0 Å². The molecule has 1 aliphatic rings. The molecule has 0 unspecified atom stereocenters. The number of amides is 1. The van der Waals surface area contributed by atoms with E-state index >= 15 is 0 Å². The fraction of sp³-hybridized carbons (Fsp3) is 0.312. The third-order valence-corrected chi connectivity index (χ3v) is 5.99. The van der Waals surface area contributed by atoms with E-state index in [4.69, 9.17) is 10.9 Å². The van der Waals surface area contributed by atoms with Crippen LogP contribution in [-0.4, -0.2) is 48.9 Å². The predicted octanol–water partition coefficient (Wildman–Crippen LogP) is 1.46. The van der Waals surface area contributed by atoms with Crippen LogP contribution in [0.5, 0.6) is 0 Å². The molecule has 2 aromatic heterocycles. The normalized spacial score (nSPS) is 15.4. The molecule has 2 aromatic rings. The molecule has 1 fully saturated rings. The predicted molar refractivity (Wildman–Crippen MR) is 102 cm³/mol. The van der Waals surface area contributed by atoms with Crippen LogP contribution in [0.25, 0.3) is 11.1 Å². The SMILES string of the molecule is NC(=O)c1c(N2CCSCC2)ncc(C(F)(F)F)c1-c1ccnc(S(N)(=O)=O)c1. The van der Waals surface area contributed by atoms with E-state index in [9.17, 15) is 26.4 Å². The van der Waals surface area contributed by atoms with Crippen LogP contribution in [0.1, 0.15) is 15.9 Å². The summed E-state index contributed by atoms with van der Waals surface area (Å²) in [5.41, 5.74) is 3.05. The quantitative estimate of drug-likeness (QED) is 0.725. The van der Waals surface area contributed by atoms with Crippen molar-refractivity contribution in [1.82, 2.24) is 9.97 Å². The smallest absolute Gasteiger partial charge is 0.365 e. The standard InChI is InChI=1S/C16H16F3N5O3S2/c17-16(18,19)10-8-23-15(24-3-5-28-6-4-24)13(14(20)25)12(10)9-1-2-22-11(7-9)29(21,26)27/h1-2,7-8H,3-6H2,(H2,20,25)(H2,21,26,27). The number of carbonyl (C=O) groups is 1. The van der Waals surface area contributed by atoms with Gasteiger partial charge in [-0.3, -0.25) is 4.79 Å². The van der Waals surface area contributed by atoms with Gasteiger partial charge in [0, 0.05) is 42.6 Å². The first-order valence-electron chi connectivity index (χ1n) is 8.22. The van der Waals surface area contributed by atoms with Crippen LogP contribution >= 0.6 is 11.8 Å². The van der Waals surface area contributed by atoms with Gasteiger partial charge in [-0.25, -0.2) is 23.5 Å². The minimum absolute atomic E-state index is 0.0229. The van der Waals surface area contributed by atoms with E-state index in [0.29, 0.717) is 30.8 Å². The number of carbonyl (C=O) groups excluding carboxylic acids is 1. The second-order valence-corrected chi connectivity index (χ2v) is 8.87. The van der Waals surface area contributed by atoms with Crippen molar-refractivity contribution >= 4 is 33.5 Å². The second kappa shape index (κ2) is 7.80. The van der Waals surface area contributed by atoms with Gasteiger partial charge in [-0.2, -0.15) is 24.9 Å². The molecule has 0 aliphatic carbocycles. The van der Waals surface area contributed by atoms with Gasteiger partial charge in [0.15, 0.2) is 5.03 Å². The molecular formula is C16H16F3N5O3S2. The summed E-state index contributed by atoms with van der Waals surface area (Å²) in [6.45, 7) is 0.947. The summed E-state index contributed by atoms with van der Waals surface area (Å²) >= 11 is 1.67. The number of rotatable bonds is 4. The summed E-state index contributed by atoms with van der Waals surface area (Å²) in [5.74, 6) is 0.331. The van der Waals surface area contributed by atoms with Crippen molar-refractivity contribution < 1.29 is 26.4 Å². The number of aromatic nitrogens is 2. The Kier molecular flexibility index (Phi) is 5.74. The lowest BCUT2D eigenvalue weighted by atomic mass is 9.95. The summed E-state index contributed by atoms with van der Waals surface area (Å²) < 4.78 is 64.4. The summed E-state index contributed by atoms with van der Waals surface area (Å²) in [5, 5.41) is 4.41. The number of nitrogens with zero attached hydrogens (tertiary/aromatic N) is 3. The summed E-state index contributed by atoms with van der Waals surface area (Å²) in [6.07, 6.45) is -3.25. The lowest BCUT2D eigenvalue weighted by molar-refractivity contribution is -0.137. The molecule has 13 heteroatoms. The summed E-state index contributed by atoms with van der Waals surface area (Å²) in [4.78, 5) is 21.4. The molecule has 0 aromatic carbocycles. The number of nitrogens with two attached hydrogens (primary N) is 2. The number of alkyl halides is 3. The first kappa shape index (κ1) is 21.3. The van der Waals surface area contributed by atoms with Crippen molar-refractivity contribution in [3.05, 3.63) is 35.7 Å². The zero-order chi connectivity index (χ0) is 21.4. The Morgan fingerprint density at radius 1 is 1.21 bits per heavy atom. The van der Waals surface area contributed by atoms with Gasteiger partial charge in [0.1, 0.15) is 5.82 Å². The van der Waals surface area contributed by atoms with Crippen LogP contribution in [0.3, 0.4) is 0 Å². The minimum atomic E-state index is -4.87. The largest absolute Gasteiger partial charge is 0.418 e. The van der Waals surface area contributed by atoms with Gasteiger partial charge in [-0.15, -0.1) is 0 Å². The number of thioether (sulfide) groups is 1.